The van der Waals surface area contributed by atoms with Gasteiger partial charge in [0.05, 0.1) is 10.6 Å². The Morgan fingerprint density at radius 3 is 2.11 bits per heavy atom. The summed E-state index contributed by atoms with van der Waals surface area (Å²) in [6.45, 7) is 2.00. The Morgan fingerprint density at radius 1 is 0.946 bits per heavy atom. The molecule has 3 aromatic carbocycles. The predicted molar refractivity (Wildman–Crippen MR) is 141 cm³/mol. The van der Waals surface area contributed by atoms with Gasteiger partial charge in [0.15, 0.2) is 17.2 Å². The number of hydrogen-bond donors (Lipinski definition) is 2. The monoisotopic (exact) mass is 519 g/mol. The number of nitrogens with two attached hydrogens (primary N) is 1. The van der Waals surface area contributed by atoms with Crippen molar-refractivity contribution in [1.29, 1.82) is 0 Å². The molecule has 4 rings (SSSR count). The van der Waals surface area contributed by atoms with Crippen molar-refractivity contribution in [2.45, 2.75) is 26.6 Å². The van der Waals surface area contributed by atoms with Crippen molar-refractivity contribution in [3.05, 3.63) is 94.6 Å². The van der Waals surface area contributed by atoms with E-state index in [2.05, 4.69) is 10.5 Å². The van der Waals surface area contributed by atoms with E-state index < -0.39 is 5.91 Å². The van der Waals surface area contributed by atoms with Gasteiger partial charge in [0.2, 0.25) is 5.91 Å². The molecule has 4 aromatic rings. The molecule has 8 nitrogen and oxygen atoms in total. The number of benzene rings is 3. The maximum Gasteiger partial charge on any atom is 0.221 e. The molecule has 0 unspecified atom stereocenters. The number of anilines is 1. The number of amides is 1. The second kappa shape index (κ2) is 12.2. The summed E-state index contributed by atoms with van der Waals surface area (Å²) in [5.74, 6) is 0.151. The molecule has 3 N–H and O–H groups in total. The minimum Gasteiger partial charge on any atom is -0.488 e. The average Bonchev–Trinajstić information content (AvgIpc) is 3.31. The van der Waals surface area contributed by atoms with Crippen LogP contribution >= 0.6 is 11.6 Å². The van der Waals surface area contributed by atoms with E-state index in [-0.39, 0.29) is 47.5 Å². The number of carbonyl (C=O) groups is 2. The van der Waals surface area contributed by atoms with Gasteiger partial charge in [-0.25, -0.2) is 0 Å². The van der Waals surface area contributed by atoms with Crippen LogP contribution in [0.15, 0.2) is 77.3 Å². The van der Waals surface area contributed by atoms with Gasteiger partial charge in [-0.3, -0.25) is 9.59 Å². The van der Waals surface area contributed by atoms with Gasteiger partial charge in [-0.2, -0.15) is 0 Å². The van der Waals surface area contributed by atoms with Crippen molar-refractivity contribution in [2.75, 3.05) is 11.9 Å². The van der Waals surface area contributed by atoms with Gasteiger partial charge in [-0.15, -0.1) is 0 Å². The van der Waals surface area contributed by atoms with Crippen molar-refractivity contribution >= 4 is 29.0 Å². The number of hydrogen-bond acceptors (Lipinski definition) is 7. The third kappa shape index (κ3) is 6.55. The standard InChI is InChI=1S/C28H26ClN3O5/c1-18(33)31-27-26(23(34)12-13-30)32-37-28(27)21-14-22(29)25(36-17-20-10-6-3-7-11-20)15-24(21)35-16-19-8-4-2-5-9-19/h2-11,14-15H,12-13,16-17,30H2,1H3,(H,31,33). The molecule has 1 heterocycles. The lowest BCUT2D eigenvalue weighted by Crippen LogP contribution is -2.13. The first kappa shape index (κ1) is 25.9. The van der Waals surface area contributed by atoms with Crippen molar-refractivity contribution in [3.63, 3.8) is 0 Å². The normalized spacial score (nSPS) is 10.7. The minimum atomic E-state index is -0.396. The van der Waals surface area contributed by atoms with Gasteiger partial charge in [0.1, 0.15) is 30.4 Å². The molecule has 0 aliphatic heterocycles. The van der Waals surface area contributed by atoms with Crippen LogP contribution in [0.4, 0.5) is 5.69 Å². The van der Waals surface area contributed by atoms with Crippen LogP contribution in [0.2, 0.25) is 5.02 Å². The van der Waals surface area contributed by atoms with Crippen LogP contribution in [-0.2, 0) is 18.0 Å². The number of nitrogens with zero attached hydrogens (tertiary/aromatic N) is 1. The summed E-state index contributed by atoms with van der Waals surface area (Å²) in [7, 11) is 0. The third-order valence-electron chi connectivity index (χ3n) is 5.38. The summed E-state index contributed by atoms with van der Waals surface area (Å²) in [4.78, 5) is 24.6. The van der Waals surface area contributed by atoms with Gasteiger partial charge in [-0.1, -0.05) is 77.4 Å². The molecule has 1 amide bonds. The van der Waals surface area contributed by atoms with Crippen LogP contribution in [0.3, 0.4) is 0 Å². The number of carbonyl (C=O) groups excluding carboxylic acids is 2. The van der Waals surface area contributed by atoms with Gasteiger partial charge >= 0.3 is 0 Å². The first-order chi connectivity index (χ1) is 18.0. The highest BCUT2D eigenvalue weighted by Gasteiger charge is 2.27. The number of rotatable bonds is 11. The largest absolute Gasteiger partial charge is 0.488 e. The first-order valence-electron chi connectivity index (χ1n) is 11.6. The van der Waals surface area contributed by atoms with Crippen molar-refractivity contribution in [3.8, 4) is 22.8 Å². The van der Waals surface area contributed by atoms with E-state index in [1.807, 2.05) is 60.7 Å². The van der Waals surface area contributed by atoms with E-state index >= 15 is 0 Å². The summed E-state index contributed by atoms with van der Waals surface area (Å²) in [6.07, 6.45) is 0.0446. The lowest BCUT2D eigenvalue weighted by Gasteiger charge is -2.15. The second-order valence-corrected chi connectivity index (χ2v) is 8.61. The molecule has 0 atom stereocenters. The lowest BCUT2D eigenvalue weighted by molar-refractivity contribution is -0.114. The van der Waals surface area contributed by atoms with Gasteiger partial charge in [0, 0.05) is 19.4 Å². The molecule has 0 fully saturated rings. The molecule has 190 valence electrons. The minimum absolute atomic E-state index is 0.0230. The Hall–Kier alpha value is -4.14. The number of halogens is 1. The van der Waals surface area contributed by atoms with Crippen molar-refractivity contribution in [2.24, 2.45) is 5.73 Å². The molecule has 0 aliphatic rings. The van der Waals surface area contributed by atoms with Gasteiger partial charge in [-0.05, 0) is 23.7 Å². The molecule has 0 aliphatic carbocycles. The maximum atomic E-state index is 12.6. The Kier molecular flexibility index (Phi) is 8.56. The fraction of sp³-hybridized carbons (Fsp3) is 0.179. The second-order valence-electron chi connectivity index (χ2n) is 8.21. The molecule has 0 saturated heterocycles. The van der Waals surface area contributed by atoms with Crippen LogP contribution in [0.5, 0.6) is 11.5 Å². The van der Waals surface area contributed by atoms with Crippen LogP contribution in [0.25, 0.3) is 11.3 Å². The van der Waals surface area contributed by atoms with E-state index in [1.165, 1.54) is 6.92 Å². The third-order valence-corrected chi connectivity index (χ3v) is 5.68. The van der Waals surface area contributed by atoms with Crippen LogP contribution in [0, 0.1) is 0 Å². The molecule has 37 heavy (non-hydrogen) atoms. The molecule has 0 radical (unpaired) electrons. The molecular formula is C28H26ClN3O5. The zero-order valence-corrected chi connectivity index (χ0v) is 21.0. The predicted octanol–water partition coefficient (Wildman–Crippen LogP) is 5.64. The van der Waals surface area contributed by atoms with Crippen LogP contribution in [-0.4, -0.2) is 23.4 Å². The highest BCUT2D eigenvalue weighted by Crippen LogP contribution is 2.43. The Balaban J connectivity index is 1.75. The van der Waals surface area contributed by atoms with E-state index in [0.717, 1.165) is 11.1 Å². The number of ketones is 1. The summed E-state index contributed by atoms with van der Waals surface area (Å²) in [5.41, 5.74) is 7.96. The Bertz CT molecular complexity index is 1370. The lowest BCUT2D eigenvalue weighted by atomic mass is 10.1. The summed E-state index contributed by atoms with van der Waals surface area (Å²) >= 11 is 6.60. The summed E-state index contributed by atoms with van der Waals surface area (Å²) in [6, 6.07) is 22.5. The molecular weight excluding hydrogens is 494 g/mol. The van der Waals surface area contributed by atoms with Gasteiger partial charge < -0.3 is 25.0 Å². The maximum absolute atomic E-state index is 12.6. The van der Waals surface area contributed by atoms with E-state index in [9.17, 15) is 9.59 Å². The summed E-state index contributed by atoms with van der Waals surface area (Å²) in [5, 5.41) is 6.87. The summed E-state index contributed by atoms with van der Waals surface area (Å²) < 4.78 is 17.7. The molecule has 0 bridgehead atoms. The SMILES string of the molecule is CC(=O)Nc1c(C(=O)CCN)noc1-c1cc(Cl)c(OCc2ccccc2)cc1OCc1ccccc1. The molecule has 0 spiro atoms. The number of Topliss-reactive ketones (excluding diaryl/α,β-unsaturated/α-hetero) is 1. The zero-order chi connectivity index (χ0) is 26.2. The van der Waals surface area contributed by atoms with Crippen LogP contribution in [0.1, 0.15) is 35.0 Å². The fourth-order valence-electron chi connectivity index (χ4n) is 3.62. The topological polar surface area (TPSA) is 117 Å². The van der Waals surface area contributed by atoms with Crippen LogP contribution < -0.4 is 20.5 Å². The smallest absolute Gasteiger partial charge is 0.221 e. The Morgan fingerprint density at radius 2 is 1.54 bits per heavy atom. The number of aromatic nitrogens is 1. The van der Waals surface area contributed by atoms with E-state index in [1.54, 1.807) is 12.1 Å². The number of nitrogens with one attached hydrogen (secondary N) is 1. The molecule has 0 saturated carbocycles. The van der Waals surface area contributed by atoms with Crippen molar-refractivity contribution < 1.29 is 23.6 Å². The van der Waals surface area contributed by atoms with Gasteiger partial charge in [0.25, 0.3) is 0 Å². The molecule has 1 aromatic heterocycles. The highest BCUT2D eigenvalue weighted by atomic mass is 35.5. The average molecular weight is 520 g/mol. The van der Waals surface area contributed by atoms with E-state index in [0.29, 0.717) is 23.7 Å². The quantitative estimate of drug-likeness (QED) is 0.246. The Labute approximate surface area is 219 Å². The number of ether oxygens (including phenoxy) is 2. The highest BCUT2D eigenvalue weighted by molar-refractivity contribution is 6.32. The zero-order valence-electron chi connectivity index (χ0n) is 20.2. The van der Waals surface area contributed by atoms with Crippen molar-refractivity contribution in [1.82, 2.24) is 5.16 Å². The first-order valence-corrected chi connectivity index (χ1v) is 12.0. The van der Waals surface area contributed by atoms with E-state index in [4.69, 9.17) is 31.3 Å². The fourth-order valence-corrected chi connectivity index (χ4v) is 3.84. The molecule has 9 heteroatoms.